The first kappa shape index (κ1) is 28.3. The third kappa shape index (κ3) is 6.10. The highest BCUT2D eigenvalue weighted by atomic mass is 16.7. The molecule has 6 heteroatoms. The topological polar surface area (TPSA) is 71.1 Å². The predicted octanol–water partition coefficient (Wildman–Crippen LogP) is 6.53. The number of ether oxygens (including phenoxy) is 4. The molecule has 0 aromatic heterocycles. The molecule has 5 unspecified atom stereocenters. The van der Waals surface area contributed by atoms with Crippen LogP contribution in [-0.2, 0) is 25.5 Å². The summed E-state index contributed by atoms with van der Waals surface area (Å²) in [7, 11) is 0. The fourth-order valence-corrected chi connectivity index (χ4v) is 5.95. The molecule has 208 valence electrons. The minimum absolute atomic E-state index is 0.0108. The molecule has 2 aliphatic carbocycles. The smallest absolute Gasteiger partial charge is 0.310 e. The molecule has 0 radical (unpaired) electrons. The van der Waals surface area contributed by atoms with Gasteiger partial charge in [0.25, 0.3) is 0 Å². The molecule has 5 atom stereocenters. The molecule has 1 aromatic rings. The third-order valence-corrected chi connectivity index (χ3v) is 8.55. The third-order valence-electron chi connectivity index (χ3n) is 8.55. The highest BCUT2D eigenvalue weighted by Crippen LogP contribution is 2.60. The van der Waals surface area contributed by atoms with Crippen LogP contribution in [0.25, 0.3) is 0 Å². The van der Waals surface area contributed by atoms with E-state index in [4.69, 9.17) is 18.9 Å². The number of hydrogen-bond acceptors (Lipinski definition) is 6. The Balaban J connectivity index is 1.36. The maximum Gasteiger partial charge on any atom is 0.310 e. The van der Waals surface area contributed by atoms with Crippen LogP contribution < -0.4 is 9.47 Å². The van der Waals surface area contributed by atoms with E-state index in [1.807, 2.05) is 18.2 Å². The van der Waals surface area contributed by atoms with Crippen molar-refractivity contribution in [3.05, 3.63) is 47.1 Å². The van der Waals surface area contributed by atoms with Crippen LogP contribution in [0.15, 0.2) is 41.5 Å². The fourth-order valence-electron chi connectivity index (χ4n) is 5.95. The Morgan fingerprint density at radius 1 is 0.895 bits per heavy atom. The zero-order valence-electron chi connectivity index (χ0n) is 24.3. The van der Waals surface area contributed by atoms with Gasteiger partial charge in [-0.15, -0.1) is 0 Å². The van der Waals surface area contributed by atoms with E-state index in [0.29, 0.717) is 19.4 Å². The molecule has 0 spiro atoms. The lowest BCUT2D eigenvalue weighted by molar-refractivity contribution is -0.150. The van der Waals surface area contributed by atoms with Gasteiger partial charge in [0.15, 0.2) is 11.5 Å². The second kappa shape index (κ2) is 10.8. The number of hydrogen-bond donors (Lipinski definition) is 0. The van der Waals surface area contributed by atoms with Gasteiger partial charge in [0.1, 0.15) is 0 Å². The van der Waals surface area contributed by atoms with Gasteiger partial charge in [-0.1, -0.05) is 57.1 Å². The quantitative estimate of drug-likeness (QED) is 0.242. The van der Waals surface area contributed by atoms with Gasteiger partial charge >= 0.3 is 11.9 Å². The van der Waals surface area contributed by atoms with Crippen molar-refractivity contribution in [2.45, 2.75) is 68.2 Å². The van der Waals surface area contributed by atoms with Gasteiger partial charge < -0.3 is 18.9 Å². The van der Waals surface area contributed by atoms with Crippen molar-refractivity contribution in [1.29, 1.82) is 0 Å². The first-order valence-electron chi connectivity index (χ1n) is 13.8. The van der Waals surface area contributed by atoms with E-state index in [1.165, 1.54) is 11.1 Å². The second-order valence-corrected chi connectivity index (χ2v) is 13.0. The molecular weight excluding hydrogens is 480 g/mol. The van der Waals surface area contributed by atoms with E-state index in [-0.39, 0.29) is 65.8 Å². The summed E-state index contributed by atoms with van der Waals surface area (Å²) in [5.74, 6) is 1.41. The van der Waals surface area contributed by atoms with Gasteiger partial charge in [-0.25, -0.2) is 0 Å². The molecule has 2 saturated carbocycles. The molecule has 1 heterocycles. The van der Waals surface area contributed by atoms with E-state index >= 15 is 0 Å². The first-order valence-corrected chi connectivity index (χ1v) is 13.8. The Labute approximate surface area is 227 Å². The second-order valence-electron chi connectivity index (χ2n) is 13.0. The van der Waals surface area contributed by atoms with Crippen LogP contribution in [0.1, 0.15) is 67.4 Å². The molecule has 6 nitrogen and oxygen atoms in total. The summed E-state index contributed by atoms with van der Waals surface area (Å²) in [6.07, 6.45) is 5.65. The Kier molecular flexibility index (Phi) is 8.02. The van der Waals surface area contributed by atoms with E-state index < -0.39 is 0 Å². The Morgan fingerprint density at radius 2 is 1.45 bits per heavy atom. The van der Waals surface area contributed by atoms with Crippen molar-refractivity contribution in [1.82, 2.24) is 0 Å². The van der Waals surface area contributed by atoms with Crippen LogP contribution in [0.4, 0.5) is 0 Å². The maximum atomic E-state index is 13.0. The fraction of sp³-hybridized carbons (Fsp3) is 0.625. The molecule has 0 bridgehead atoms. The molecule has 0 saturated heterocycles. The molecular formula is C32H44O6. The van der Waals surface area contributed by atoms with Crippen molar-refractivity contribution in [3.8, 4) is 11.5 Å². The minimum Gasteiger partial charge on any atom is -0.465 e. The molecule has 1 aliphatic heterocycles. The van der Waals surface area contributed by atoms with Crippen molar-refractivity contribution < 1.29 is 28.5 Å². The molecule has 0 N–H and O–H groups in total. The van der Waals surface area contributed by atoms with Gasteiger partial charge in [-0.05, 0) is 80.9 Å². The lowest BCUT2D eigenvalue weighted by Gasteiger charge is -2.18. The standard InChI is InChI=1S/C32H44O6/c1-19(2)13-23-27(31(23,5)6)29(33)35-12-11-22(15-21-9-10-25-26(16-21)38-18-37-25)17-36-30(34)28-24(14-20(3)4)32(28,7)8/h9-10,13-14,16,22-24,27-28H,11-12,15,17-18H2,1-8H3. The zero-order valence-corrected chi connectivity index (χ0v) is 24.3. The summed E-state index contributed by atoms with van der Waals surface area (Å²) in [5, 5.41) is 0. The predicted molar refractivity (Wildman–Crippen MR) is 147 cm³/mol. The number of carbonyl (C=O) groups excluding carboxylic acids is 2. The van der Waals surface area contributed by atoms with Crippen LogP contribution in [0.3, 0.4) is 0 Å². The summed E-state index contributed by atoms with van der Waals surface area (Å²) in [5.41, 5.74) is 3.34. The molecule has 0 amide bonds. The van der Waals surface area contributed by atoms with E-state index in [2.05, 4.69) is 67.5 Å². The summed E-state index contributed by atoms with van der Waals surface area (Å²) in [4.78, 5) is 25.9. The minimum atomic E-state index is -0.144. The van der Waals surface area contributed by atoms with Gasteiger partial charge in [0.05, 0.1) is 25.0 Å². The van der Waals surface area contributed by atoms with Gasteiger partial charge in [0, 0.05) is 5.92 Å². The van der Waals surface area contributed by atoms with E-state index in [9.17, 15) is 9.59 Å². The zero-order chi connectivity index (χ0) is 27.8. The Morgan fingerprint density at radius 3 is 2.03 bits per heavy atom. The van der Waals surface area contributed by atoms with Gasteiger partial charge in [-0.2, -0.15) is 0 Å². The highest BCUT2D eigenvalue weighted by Gasteiger charge is 2.62. The van der Waals surface area contributed by atoms with Gasteiger partial charge in [0.2, 0.25) is 6.79 Å². The number of benzene rings is 1. The van der Waals surface area contributed by atoms with Crippen LogP contribution >= 0.6 is 0 Å². The summed E-state index contributed by atoms with van der Waals surface area (Å²) >= 11 is 0. The molecule has 4 rings (SSSR count). The van der Waals surface area contributed by atoms with Crippen molar-refractivity contribution in [2.24, 2.45) is 40.4 Å². The lowest BCUT2D eigenvalue weighted by Crippen LogP contribution is -2.21. The number of esters is 2. The van der Waals surface area contributed by atoms with E-state index in [0.717, 1.165) is 17.1 Å². The van der Waals surface area contributed by atoms with Crippen LogP contribution in [-0.4, -0.2) is 31.9 Å². The molecule has 1 aromatic carbocycles. The average Bonchev–Trinajstić information content (AvgIpc) is 3.41. The van der Waals surface area contributed by atoms with Crippen LogP contribution in [0.5, 0.6) is 11.5 Å². The van der Waals surface area contributed by atoms with Crippen LogP contribution in [0, 0.1) is 40.4 Å². The monoisotopic (exact) mass is 524 g/mol. The van der Waals surface area contributed by atoms with Crippen LogP contribution in [0.2, 0.25) is 0 Å². The largest absolute Gasteiger partial charge is 0.465 e. The molecule has 2 fully saturated rings. The Hall–Kier alpha value is -2.76. The summed E-state index contributed by atoms with van der Waals surface area (Å²) in [6, 6.07) is 5.91. The van der Waals surface area contributed by atoms with E-state index in [1.54, 1.807) is 0 Å². The Bertz CT molecular complexity index is 1120. The maximum absolute atomic E-state index is 13.0. The lowest BCUT2D eigenvalue weighted by atomic mass is 9.97. The number of carbonyl (C=O) groups is 2. The first-order chi connectivity index (χ1) is 17.8. The number of allylic oxidation sites excluding steroid dienone is 4. The highest BCUT2D eigenvalue weighted by molar-refractivity contribution is 5.79. The number of rotatable bonds is 11. The molecule has 38 heavy (non-hydrogen) atoms. The normalized spacial score (nSPS) is 26.1. The van der Waals surface area contributed by atoms with Crippen molar-refractivity contribution >= 4 is 11.9 Å². The van der Waals surface area contributed by atoms with Crippen molar-refractivity contribution in [3.63, 3.8) is 0 Å². The number of fused-ring (bicyclic) bond motifs is 1. The summed E-state index contributed by atoms with van der Waals surface area (Å²) in [6.45, 7) is 17.5. The SMILES string of the molecule is CC(C)=CC1C(C(=O)OCCC(COC(=O)C2C(C=C(C)C)C2(C)C)Cc2ccc3c(c2)OCO3)C1(C)C. The molecule has 3 aliphatic rings. The van der Waals surface area contributed by atoms with Crippen molar-refractivity contribution in [2.75, 3.05) is 20.0 Å². The summed E-state index contributed by atoms with van der Waals surface area (Å²) < 4.78 is 22.6. The average molecular weight is 525 g/mol. The van der Waals surface area contributed by atoms with Gasteiger partial charge in [-0.3, -0.25) is 9.59 Å².